The predicted octanol–water partition coefficient (Wildman–Crippen LogP) is 3.19. The minimum Gasteiger partial charge on any atom is -0.361 e. The van der Waals surface area contributed by atoms with Crippen LogP contribution in [0.5, 0.6) is 0 Å². The van der Waals surface area contributed by atoms with Crippen molar-refractivity contribution in [2.75, 3.05) is 13.1 Å². The number of aromatic nitrogens is 1. The van der Waals surface area contributed by atoms with Crippen molar-refractivity contribution < 1.29 is 0 Å². The van der Waals surface area contributed by atoms with Crippen molar-refractivity contribution in [3.63, 3.8) is 0 Å². The first-order valence-corrected chi connectivity index (χ1v) is 6.01. The zero-order valence-corrected chi connectivity index (χ0v) is 10.3. The molecule has 1 heterocycles. The van der Waals surface area contributed by atoms with Crippen molar-refractivity contribution in [1.29, 1.82) is 0 Å². The lowest BCUT2D eigenvalue weighted by Crippen LogP contribution is -2.19. The topological polar surface area (TPSA) is 27.8 Å². The molecular formula is C14H20N2. The third-order valence-electron chi connectivity index (χ3n) is 3.19. The monoisotopic (exact) mass is 216 g/mol. The fourth-order valence-corrected chi connectivity index (χ4v) is 2.21. The van der Waals surface area contributed by atoms with E-state index in [0.717, 1.165) is 13.1 Å². The zero-order valence-electron chi connectivity index (χ0n) is 10.3. The van der Waals surface area contributed by atoms with Gasteiger partial charge in [-0.2, -0.15) is 0 Å². The van der Waals surface area contributed by atoms with Crippen LogP contribution in [0.25, 0.3) is 10.9 Å². The molecule has 2 nitrogen and oxygen atoms in total. The molecule has 0 saturated heterocycles. The molecule has 2 aromatic rings. The van der Waals surface area contributed by atoms with E-state index in [0.29, 0.717) is 5.92 Å². The molecule has 1 aromatic carbocycles. The number of para-hydroxylation sites is 1. The van der Waals surface area contributed by atoms with Gasteiger partial charge < -0.3 is 10.3 Å². The average Bonchev–Trinajstić information content (AvgIpc) is 2.71. The van der Waals surface area contributed by atoms with Crippen molar-refractivity contribution in [2.24, 2.45) is 0 Å². The van der Waals surface area contributed by atoms with E-state index in [1.165, 1.54) is 22.0 Å². The molecule has 0 aliphatic rings. The van der Waals surface area contributed by atoms with Crippen LogP contribution in [0.2, 0.25) is 0 Å². The van der Waals surface area contributed by atoms with Crippen LogP contribution in [0.15, 0.2) is 24.4 Å². The molecule has 2 heteroatoms. The van der Waals surface area contributed by atoms with Crippen LogP contribution in [-0.2, 0) is 0 Å². The van der Waals surface area contributed by atoms with E-state index in [1.807, 2.05) is 0 Å². The quantitative estimate of drug-likeness (QED) is 0.807. The number of aryl methyl sites for hydroxylation is 1. The Balaban J connectivity index is 2.34. The van der Waals surface area contributed by atoms with Gasteiger partial charge in [0.05, 0.1) is 0 Å². The van der Waals surface area contributed by atoms with Crippen LogP contribution in [0, 0.1) is 6.92 Å². The Morgan fingerprint density at radius 2 is 2.19 bits per heavy atom. The first-order valence-electron chi connectivity index (χ1n) is 6.01. The minimum absolute atomic E-state index is 0.551. The predicted molar refractivity (Wildman–Crippen MR) is 70.0 cm³/mol. The molecule has 16 heavy (non-hydrogen) atoms. The largest absolute Gasteiger partial charge is 0.361 e. The van der Waals surface area contributed by atoms with E-state index in [9.17, 15) is 0 Å². The molecule has 86 valence electrons. The van der Waals surface area contributed by atoms with E-state index < -0.39 is 0 Å². The number of rotatable bonds is 4. The Bertz CT molecular complexity index is 471. The van der Waals surface area contributed by atoms with Gasteiger partial charge in [0, 0.05) is 23.6 Å². The van der Waals surface area contributed by atoms with Gasteiger partial charge in [-0.15, -0.1) is 0 Å². The molecule has 0 aliphatic heterocycles. The van der Waals surface area contributed by atoms with Gasteiger partial charge >= 0.3 is 0 Å². The molecule has 1 aromatic heterocycles. The number of fused-ring (bicyclic) bond motifs is 1. The van der Waals surface area contributed by atoms with E-state index >= 15 is 0 Å². The summed E-state index contributed by atoms with van der Waals surface area (Å²) in [5.41, 5.74) is 4.01. The lowest BCUT2D eigenvalue weighted by atomic mass is 9.99. The van der Waals surface area contributed by atoms with Crippen molar-refractivity contribution in [2.45, 2.75) is 26.7 Å². The third kappa shape index (κ3) is 1.98. The summed E-state index contributed by atoms with van der Waals surface area (Å²) in [5, 5.41) is 4.77. The van der Waals surface area contributed by atoms with E-state index in [1.54, 1.807) is 0 Å². The number of nitrogens with one attached hydrogen (secondary N) is 2. The number of hydrogen-bond donors (Lipinski definition) is 2. The molecule has 0 spiro atoms. The highest BCUT2D eigenvalue weighted by molar-refractivity contribution is 5.86. The second-order valence-electron chi connectivity index (χ2n) is 4.45. The lowest BCUT2D eigenvalue weighted by molar-refractivity contribution is 0.638. The SMILES string of the molecule is CCNCC(C)c1c[nH]c2c(C)cccc12. The maximum Gasteiger partial charge on any atom is 0.0486 e. The van der Waals surface area contributed by atoms with Gasteiger partial charge in [0.2, 0.25) is 0 Å². The lowest BCUT2D eigenvalue weighted by Gasteiger charge is -2.10. The summed E-state index contributed by atoms with van der Waals surface area (Å²) in [7, 11) is 0. The molecule has 1 atom stereocenters. The van der Waals surface area contributed by atoms with Crippen LogP contribution in [0.4, 0.5) is 0 Å². The van der Waals surface area contributed by atoms with Crippen LogP contribution in [0.3, 0.4) is 0 Å². The van der Waals surface area contributed by atoms with Crippen molar-refractivity contribution >= 4 is 10.9 Å². The Labute approximate surface area is 97.1 Å². The number of likely N-dealkylation sites (N-methyl/N-ethyl adjacent to an activating group) is 1. The fourth-order valence-electron chi connectivity index (χ4n) is 2.21. The second kappa shape index (κ2) is 4.71. The van der Waals surface area contributed by atoms with Crippen LogP contribution in [0.1, 0.15) is 30.9 Å². The highest BCUT2D eigenvalue weighted by Crippen LogP contribution is 2.26. The van der Waals surface area contributed by atoms with E-state index in [4.69, 9.17) is 0 Å². The molecule has 0 radical (unpaired) electrons. The minimum atomic E-state index is 0.551. The van der Waals surface area contributed by atoms with Gasteiger partial charge in [-0.05, 0) is 30.5 Å². The summed E-state index contributed by atoms with van der Waals surface area (Å²) in [6.07, 6.45) is 2.15. The first-order chi connectivity index (χ1) is 7.74. The second-order valence-corrected chi connectivity index (χ2v) is 4.45. The summed E-state index contributed by atoms with van der Waals surface area (Å²) in [6.45, 7) is 8.64. The highest BCUT2D eigenvalue weighted by atomic mass is 14.8. The molecule has 0 fully saturated rings. The van der Waals surface area contributed by atoms with E-state index in [-0.39, 0.29) is 0 Å². The molecule has 0 aliphatic carbocycles. The summed E-state index contributed by atoms with van der Waals surface area (Å²) in [4.78, 5) is 3.39. The zero-order chi connectivity index (χ0) is 11.5. The number of benzene rings is 1. The number of hydrogen-bond acceptors (Lipinski definition) is 1. The highest BCUT2D eigenvalue weighted by Gasteiger charge is 2.11. The van der Waals surface area contributed by atoms with Crippen LogP contribution in [-0.4, -0.2) is 18.1 Å². The maximum absolute atomic E-state index is 3.40. The van der Waals surface area contributed by atoms with Gasteiger partial charge in [-0.25, -0.2) is 0 Å². The Morgan fingerprint density at radius 3 is 2.94 bits per heavy atom. The van der Waals surface area contributed by atoms with Gasteiger partial charge in [-0.1, -0.05) is 32.0 Å². The standard InChI is InChI=1S/C14H20N2/c1-4-15-8-11(3)13-9-16-14-10(2)6-5-7-12(13)14/h5-7,9,11,15-16H,4,8H2,1-3H3. The van der Waals surface area contributed by atoms with Crippen LogP contribution < -0.4 is 5.32 Å². The summed E-state index contributed by atoms with van der Waals surface area (Å²) < 4.78 is 0. The first kappa shape index (κ1) is 11.2. The molecule has 2 N–H and O–H groups in total. The van der Waals surface area contributed by atoms with Gasteiger partial charge in [0.25, 0.3) is 0 Å². The van der Waals surface area contributed by atoms with Gasteiger partial charge in [0.1, 0.15) is 0 Å². The maximum atomic E-state index is 3.40. The Hall–Kier alpha value is -1.28. The van der Waals surface area contributed by atoms with E-state index in [2.05, 4.69) is 55.5 Å². The average molecular weight is 216 g/mol. The van der Waals surface area contributed by atoms with Crippen molar-refractivity contribution in [3.05, 3.63) is 35.5 Å². The van der Waals surface area contributed by atoms with Crippen molar-refractivity contribution in [3.8, 4) is 0 Å². The molecule has 1 unspecified atom stereocenters. The Morgan fingerprint density at radius 1 is 1.38 bits per heavy atom. The molecule has 0 bridgehead atoms. The molecule has 2 rings (SSSR count). The summed E-state index contributed by atoms with van der Waals surface area (Å²) in [6, 6.07) is 6.49. The summed E-state index contributed by atoms with van der Waals surface area (Å²) in [5.74, 6) is 0.551. The number of aromatic amines is 1. The van der Waals surface area contributed by atoms with Gasteiger partial charge in [0.15, 0.2) is 0 Å². The Kier molecular flexibility index (Phi) is 3.30. The smallest absolute Gasteiger partial charge is 0.0486 e. The molecular weight excluding hydrogens is 196 g/mol. The molecule has 0 saturated carbocycles. The third-order valence-corrected chi connectivity index (χ3v) is 3.19. The normalized spacial score (nSPS) is 13.2. The number of H-pyrrole nitrogens is 1. The fraction of sp³-hybridized carbons (Fsp3) is 0.429. The van der Waals surface area contributed by atoms with Crippen LogP contribution >= 0.6 is 0 Å². The van der Waals surface area contributed by atoms with Gasteiger partial charge in [-0.3, -0.25) is 0 Å². The molecule has 0 amide bonds. The van der Waals surface area contributed by atoms with Crippen molar-refractivity contribution in [1.82, 2.24) is 10.3 Å². The summed E-state index contributed by atoms with van der Waals surface area (Å²) >= 11 is 0.